The van der Waals surface area contributed by atoms with E-state index in [9.17, 15) is 0 Å². The molecule has 1 aromatic carbocycles. The van der Waals surface area contributed by atoms with Gasteiger partial charge in [-0.25, -0.2) is 0 Å². The second-order valence-corrected chi connectivity index (χ2v) is 4.31. The quantitative estimate of drug-likeness (QED) is 0.868. The molecule has 1 aliphatic rings. The molecule has 1 heterocycles. The Morgan fingerprint density at radius 1 is 1.12 bits per heavy atom. The minimum absolute atomic E-state index is 0.420. The van der Waals surface area contributed by atoms with Crippen LogP contribution in [0.2, 0.25) is 0 Å². The molecule has 0 saturated carbocycles. The second-order valence-electron chi connectivity index (χ2n) is 4.31. The van der Waals surface area contributed by atoms with Crippen LogP contribution in [-0.4, -0.2) is 27.4 Å². The third-order valence-electron chi connectivity index (χ3n) is 3.31. The Balaban J connectivity index is 2.47. The molecule has 0 aromatic heterocycles. The van der Waals surface area contributed by atoms with Crippen LogP contribution in [0.4, 0.5) is 0 Å². The molecular formula is C13H19NO3. The lowest BCUT2D eigenvalue weighted by Gasteiger charge is -2.35. The van der Waals surface area contributed by atoms with E-state index in [1.165, 1.54) is 0 Å². The summed E-state index contributed by atoms with van der Waals surface area (Å²) in [4.78, 5) is 0. The van der Waals surface area contributed by atoms with E-state index in [2.05, 4.69) is 0 Å². The van der Waals surface area contributed by atoms with E-state index in [-0.39, 0.29) is 0 Å². The minimum Gasteiger partial charge on any atom is -0.496 e. The molecule has 1 aliphatic heterocycles. The summed E-state index contributed by atoms with van der Waals surface area (Å²) in [6.07, 6.45) is 1.56. The highest BCUT2D eigenvalue weighted by Crippen LogP contribution is 2.41. The van der Waals surface area contributed by atoms with Crippen molar-refractivity contribution in [3.8, 4) is 11.5 Å². The van der Waals surface area contributed by atoms with Crippen LogP contribution >= 0.6 is 0 Å². The predicted octanol–water partition coefficient (Wildman–Crippen LogP) is 1.67. The molecule has 4 heteroatoms. The van der Waals surface area contributed by atoms with Gasteiger partial charge in [0.1, 0.15) is 11.5 Å². The number of rotatable bonds is 3. The van der Waals surface area contributed by atoms with Crippen molar-refractivity contribution in [1.82, 2.24) is 0 Å². The minimum atomic E-state index is -0.420. The number of methoxy groups -OCH3 is 2. The van der Waals surface area contributed by atoms with E-state index < -0.39 is 5.54 Å². The normalized spacial score (nSPS) is 18.8. The van der Waals surface area contributed by atoms with Gasteiger partial charge in [0.05, 0.1) is 25.3 Å². The molecule has 0 amide bonds. The number of ether oxygens (including phenoxy) is 3. The van der Waals surface area contributed by atoms with Crippen molar-refractivity contribution >= 4 is 0 Å². The molecule has 0 atom stereocenters. The molecule has 0 spiro atoms. The Bertz CT molecular complexity index is 364. The van der Waals surface area contributed by atoms with Gasteiger partial charge in [0.15, 0.2) is 0 Å². The number of benzene rings is 1. The van der Waals surface area contributed by atoms with Gasteiger partial charge in [-0.3, -0.25) is 0 Å². The lowest BCUT2D eigenvalue weighted by atomic mass is 9.82. The Hall–Kier alpha value is -1.26. The molecule has 1 saturated heterocycles. The molecule has 2 N–H and O–H groups in total. The van der Waals surface area contributed by atoms with E-state index in [0.29, 0.717) is 13.2 Å². The maximum atomic E-state index is 6.49. The molecule has 4 nitrogen and oxygen atoms in total. The van der Waals surface area contributed by atoms with Crippen LogP contribution in [0.1, 0.15) is 18.4 Å². The van der Waals surface area contributed by atoms with Crippen molar-refractivity contribution in [2.45, 2.75) is 18.4 Å². The average Bonchev–Trinajstić information content (AvgIpc) is 2.38. The number of hydrogen-bond acceptors (Lipinski definition) is 4. The number of nitrogens with two attached hydrogens (primary N) is 1. The first-order valence-corrected chi connectivity index (χ1v) is 5.79. The summed E-state index contributed by atoms with van der Waals surface area (Å²) < 4.78 is 16.2. The predicted molar refractivity (Wildman–Crippen MR) is 65.5 cm³/mol. The zero-order chi connectivity index (χ0) is 12.3. The third kappa shape index (κ3) is 2.23. The molecule has 2 rings (SSSR count). The van der Waals surface area contributed by atoms with Gasteiger partial charge >= 0.3 is 0 Å². The Labute approximate surface area is 102 Å². The van der Waals surface area contributed by atoms with Gasteiger partial charge in [-0.05, 0) is 25.0 Å². The summed E-state index contributed by atoms with van der Waals surface area (Å²) >= 11 is 0. The van der Waals surface area contributed by atoms with E-state index in [1.54, 1.807) is 14.2 Å². The van der Waals surface area contributed by atoms with E-state index in [4.69, 9.17) is 19.9 Å². The van der Waals surface area contributed by atoms with Gasteiger partial charge in [0, 0.05) is 13.2 Å². The summed E-state index contributed by atoms with van der Waals surface area (Å²) in [5.41, 5.74) is 7.02. The Morgan fingerprint density at radius 3 is 2.12 bits per heavy atom. The number of hydrogen-bond donors (Lipinski definition) is 1. The molecule has 0 unspecified atom stereocenters. The van der Waals surface area contributed by atoms with E-state index in [0.717, 1.165) is 29.9 Å². The lowest BCUT2D eigenvalue weighted by molar-refractivity contribution is 0.0505. The van der Waals surface area contributed by atoms with Crippen LogP contribution in [0, 0.1) is 0 Å². The molecule has 0 radical (unpaired) electrons. The summed E-state index contributed by atoms with van der Waals surface area (Å²) in [6, 6.07) is 5.74. The van der Waals surface area contributed by atoms with Crippen LogP contribution in [-0.2, 0) is 10.3 Å². The Kier molecular flexibility index (Phi) is 3.54. The van der Waals surface area contributed by atoms with Crippen molar-refractivity contribution in [3.63, 3.8) is 0 Å². The van der Waals surface area contributed by atoms with Crippen LogP contribution < -0.4 is 15.2 Å². The van der Waals surface area contributed by atoms with Gasteiger partial charge in [-0.1, -0.05) is 6.07 Å². The maximum absolute atomic E-state index is 6.49. The zero-order valence-electron chi connectivity index (χ0n) is 10.4. The third-order valence-corrected chi connectivity index (χ3v) is 3.31. The van der Waals surface area contributed by atoms with Crippen molar-refractivity contribution < 1.29 is 14.2 Å². The monoisotopic (exact) mass is 237 g/mol. The highest BCUT2D eigenvalue weighted by Gasteiger charge is 2.35. The fourth-order valence-electron chi connectivity index (χ4n) is 2.33. The zero-order valence-corrected chi connectivity index (χ0v) is 10.4. The van der Waals surface area contributed by atoms with E-state index >= 15 is 0 Å². The SMILES string of the molecule is COc1cccc(OC)c1C1(N)CCOCC1. The van der Waals surface area contributed by atoms with Crippen molar-refractivity contribution in [3.05, 3.63) is 23.8 Å². The van der Waals surface area contributed by atoms with E-state index in [1.807, 2.05) is 18.2 Å². The van der Waals surface area contributed by atoms with Crippen LogP contribution in [0.5, 0.6) is 11.5 Å². The van der Waals surface area contributed by atoms with Crippen molar-refractivity contribution in [2.24, 2.45) is 5.73 Å². The fourth-order valence-corrected chi connectivity index (χ4v) is 2.33. The second kappa shape index (κ2) is 4.94. The van der Waals surface area contributed by atoms with Gasteiger partial charge in [0.2, 0.25) is 0 Å². The van der Waals surface area contributed by atoms with Crippen LogP contribution in [0.15, 0.2) is 18.2 Å². The summed E-state index contributed by atoms with van der Waals surface area (Å²) in [5.74, 6) is 1.57. The summed E-state index contributed by atoms with van der Waals surface area (Å²) in [7, 11) is 3.31. The van der Waals surface area contributed by atoms with Gasteiger partial charge in [-0.2, -0.15) is 0 Å². The first kappa shape index (κ1) is 12.2. The molecule has 1 fully saturated rings. The van der Waals surface area contributed by atoms with Gasteiger partial charge < -0.3 is 19.9 Å². The highest BCUT2D eigenvalue weighted by molar-refractivity contribution is 5.49. The molecule has 0 aliphatic carbocycles. The first-order valence-electron chi connectivity index (χ1n) is 5.79. The largest absolute Gasteiger partial charge is 0.496 e. The summed E-state index contributed by atoms with van der Waals surface area (Å²) in [6.45, 7) is 1.36. The molecule has 94 valence electrons. The first-order chi connectivity index (χ1) is 8.21. The van der Waals surface area contributed by atoms with Gasteiger partial charge in [0.25, 0.3) is 0 Å². The summed E-state index contributed by atoms with van der Waals surface area (Å²) in [5, 5.41) is 0. The maximum Gasteiger partial charge on any atom is 0.127 e. The topological polar surface area (TPSA) is 53.7 Å². The fraction of sp³-hybridized carbons (Fsp3) is 0.538. The standard InChI is InChI=1S/C13H19NO3/c1-15-10-4-3-5-11(16-2)12(10)13(14)6-8-17-9-7-13/h3-5H,6-9,14H2,1-2H3. The van der Waals surface area contributed by atoms with Crippen molar-refractivity contribution in [1.29, 1.82) is 0 Å². The van der Waals surface area contributed by atoms with Crippen molar-refractivity contribution in [2.75, 3.05) is 27.4 Å². The average molecular weight is 237 g/mol. The molecule has 1 aromatic rings. The molecular weight excluding hydrogens is 218 g/mol. The van der Waals surface area contributed by atoms with Crippen LogP contribution in [0.3, 0.4) is 0 Å². The molecule has 17 heavy (non-hydrogen) atoms. The van der Waals surface area contributed by atoms with Gasteiger partial charge in [-0.15, -0.1) is 0 Å². The lowest BCUT2D eigenvalue weighted by Crippen LogP contribution is -2.42. The Morgan fingerprint density at radius 2 is 1.65 bits per heavy atom. The highest BCUT2D eigenvalue weighted by atomic mass is 16.5. The molecule has 0 bridgehead atoms. The van der Waals surface area contributed by atoms with Crippen LogP contribution in [0.25, 0.3) is 0 Å². The smallest absolute Gasteiger partial charge is 0.127 e.